The van der Waals surface area contributed by atoms with E-state index in [0.717, 1.165) is 4.90 Å². The maximum atomic E-state index is 13.1. The molecular formula is C32H28Cl2N16O3. The monoisotopic (exact) mass is 754 g/mol. The zero-order valence-corrected chi connectivity index (χ0v) is 29.5. The number of nitrogens with one attached hydrogen (secondary N) is 3. The van der Waals surface area contributed by atoms with E-state index >= 15 is 0 Å². The Morgan fingerprint density at radius 1 is 0.717 bits per heavy atom. The molecule has 21 heteroatoms. The van der Waals surface area contributed by atoms with Crippen LogP contribution in [0, 0.1) is 13.8 Å². The number of rotatable bonds is 10. The number of aryl methyl sites for hydroxylation is 2. The molecule has 6 aromatic heterocycles. The number of amides is 2. The molecule has 6 rings (SSSR count). The van der Waals surface area contributed by atoms with Crippen LogP contribution in [-0.2, 0) is 9.53 Å². The summed E-state index contributed by atoms with van der Waals surface area (Å²) >= 11 is 12.4. The summed E-state index contributed by atoms with van der Waals surface area (Å²) in [6.07, 6.45) is 5.02. The van der Waals surface area contributed by atoms with Gasteiger partial charge in [-0.05, 0) is 50.2 Å². The first kappa shape index (κ1) is 35.9. The van der Waals surface area contributed by atoms with E-state index in [-0.39, 0.29) is 35.2 Å². The number of hydrogen-bond donors (Lipinski definition) is 5. The van der Waals surface area contributed by atoms with Gasteiger partial charge in [0.15, 0.2) is 11.6 Å². The zero-order chi connectivity index (χ0) is 37.6. The number of carbonyl (C=O) groups is 2. The molecule has 0 spiro atoms. The predicted octanol–water partition coefficient (Wildman–Crippen LogP) is 4.76. The molecule has 0 unspecified atom stereocenters. The molecule has 0 aromatic carbocycles. The molecule has 7 N–H and O–H groups in total. The zero-order valence-electron chi connectivity index (χ0n) is 28.0. The highest BCUT2D eigenvalue weighted by Gasteiger charge is 2.22. The Morgan fingerprint density at radius 2 is 1.25 bits per heavy atom. The van der Waals surface area contributed by atoms with Crippen LogP contribution in [0.5, 0.6) is 0 Å². The van der Waals surface area contributed by atoms with Gasteiger partial charge in [-0.25, -0.2) is 34.7 Å². The van der Waals surface area contributed by atoms with Crippen LogP contribution in [0.4, 0.5) is 51.3 Å². The third kappa shape index (κ3) is 8.90. The molecule has 6 aromatic rings. The lowest BCUT2D eigenvalue weighted by Gasteiger charge is -2.20. The summed E-state index contributed by atoms with van der Waals surface area (Å²) < 4.78 is 4.92. The summed E-state index contributed by atoms with van der Waals surface area (Å²) in [6.45, 7) is 2.93. The van der Waals surface area contributed by atoms with E-state index in [4.69, 9.17) is 39.4 Å². The number of methoxy groups -OCH3 is 1. The molecule has 6 heterocycles. The van der Waals surface area contributed by atoms with Crippen LogP contribution >= 0.6 is 23.2 Å². The largest absolute Gasteiger partial charge is 0.452 e. The number of nitrogens with zero attached hydrogens (tertiary/aromatic N) is 11. The van der Waals surface area contributed by atoms with E-state index in [1.807, 2.05) is 0 Å². The van der Waals surface area contributed by atoms with Crippen molar-refractivity contribution in [2.45, 2.75) is 13.8 Å². The SMILES string of the molecule is COC(=O)N(CC(=O)Nc1ccc(Nc2ncc(Cl)cc2-c2nc(C)nc(N)n2)cn1)c1ccc(Nc2ncc(Cl)cc2-c2nc(C)nc(N)n2)cn1. The summed E-state index contributed by atoms with van der Waals surface area (Å²) in [5.74, 6) is 2.01. The van der Waals surface area contributed by atoms with E-state index in [1.165, 1.54) is 38.0 Å². The van der Waals surface area contributed by atoms with E-state index < -0.39 is 18.5 Å². The Morgan fingerprint density at radius 3 is 1.70 bits per heavy atom. The van der Waals surface area contributed by atoms with Gasteiger partial charge in [0.1, 0.15) is 41.5 Å². The smallest absolute Gasteiger partial charge is 0.415 e. The van der Waals surface area contributed by atoms with Gasteiger partial charge in [0, 0.05) is 12.4 Å². The van der Waals surface area contributed by atoms with Crippen molar-refractivity contribution in [1.82, 2.24) is 49.8 Å². The normalized spacial score (nSPS) is 10.7. The van der Waals surface area contributed by atoms with Gasteiger partial charge >= 0.3 is 6.09 Å². The lowest BCUT2D eigenvalue weighted by molar-refractivity contribution is -0.115. The number of nitrogens with two attached hydrogens (primary N) is 2. The molecule has 0 saturated carbocycles. The highest BCUT2D eigenvalue weighted by Crippen LogP contribution is 2.31. The molecular weight excluding hydrogens is 727 g/mol. The van der Waals surface area contributed by atoms with Crippen molar-refractivity contribution in [2.75, 3.05) is 46.0 Å². The van der Waals surface area contributed by atoms with Crippen molar-refractivity contribution in [2.24, 2.45) is 0 Å². The number of carbonyl (C=O) groups excluding carboxylic acids is 2. The summed E-state index contributed by atoms with van der Waals surface area (Å²) in [6, 6.07) is 9.66. The van der Waals surface area contributed by atoms with Crippen molar-refractivity contribution in [3.05, 3.63) is 82.9 Å². The van der Waals surface area contributed by atoms with Crippen molar-refractivity contribution in [3.8, 4) is 22.8 Å². The number of hydrogen-bond acceptors (Lipinski definition) is 17. The van der Waals surface area contributed by atoms with Gasteiger partial charge in [-0.3, -0.25) is 9.69 Å². The van der Waals surface area contributed by atoms with Crippen LogP contribution in [0.25, 0.3) is 22.8 Å². The van der Waals surface area contributed by atoms with Gasteiger partial charge in [0.05, 0.1) is 52.1 Å². The van der Waals surface area contributed by atoms with Gasteiger partial charge in [0.25, 0.3) is 0 Å². The molecule has 0 aliphatic heterocycles. The third-order valence-electron chi connectivity index (χ3n) is 7.00. The standard InChI is InChI=1S/C32H28Cl2N16O3/c1-15-41-28(48-30(35)43-15)21-8-17(33)10-39-26(21)45-19-4-6-23(37-12-19)47-25(51)14-50(32(52)53-3)24-7-5-20(13-38-24)46-27-22(9-18(34)11-40-27)29-42-16(2)44-31(36)49-29/h4-13H,14H2,1-3H3,(H,39,45)(H,40,46)(H,37,47,51)(H2,35,41,43,48)(H2,36,42,44,49). The maximum Gasteiger partial charge on any atom is 0.415 e. The second-order valence-electron chi connectivity index (χ2n) is 10.9. The number of anilines is 8. The minimum absolute atomic E-state index is 0.0429. The molecule has 0 saturated heterocycles. The Balaban J connectivity index is 1.13. The first-order valence-electron chi connectivity index (χ1n) is 15.3. The Hall–Kier alpha value is -6.86. The van der Waals surface area contributed by atoms with E-state index in [2.05, 4.69) is 65.8 Å². The first-order chi connectivity index (χ1) is 25.4. The van der Waals surface area contributed by atoms with Gasteiger partial charge in [-0.2, -0.15) is 19.9 Å². The Labute approximate surface area is 310 Å². The lowest BCUT2D eigenvalue weighted by Crippen LogP contribution is -2.38. The minimum atomic E-state index is -0.813. The van der Waals surface area contributed by atoms with Crippen molar-refractivity contribution in [3.63, 3.8) is 0 Å². The van der Waals surface area contributed by atoms with E-state index in [9.17, 15) is 9.59 Å². The topological polar surface area (TPSA) is 264 Å². The summed E-state index contributed by atoms with van der Waals surface area (Å²) in [7, 11) is 1.19. The van der Waals surface area contributed by atoms with Crippen LogP contribution in [0.1, 0.15) is 11.6 Å². The number of nitrogen functional groups attached to an aromatic ring is 2. The first-order valence-corrected chi connectivity index (χ1v) is 16.1. The number of halogens is 2. The van der Waals surface area contributed by atoms with Crippen LogP contribution in [0.2, 0.25) is 10.0 Å². The van der Waals surface area contributed by atoms with Crippen molar-refractivity contribution < 1.29 is 14.3 Å². The average Bonchev–Trinajstić information content (AvgIpc) is 3.12. The van der Waals surface area contributed by atoms with Gasteiger partial charge in [-0.15, -0.1) is 0 Å². The second-order valence-corrected chi connectivity index (χ2v) is 11.8. The number of pyridine rings is 4. The van der Waals surface area contributed by atoms with E-state index in [1.54, 1.807) is 44.2 Å². The van der Waals surface area contributed by atoms with Crippen LogP contribution in [0.15, 0.2) is 61.2 Å². The molecule has 0 atom stereocenters. The van der Waals surface area contributed by atoms with E-state index in [0.29, 0.717) is 55.8 Å². The Bertz CT molecular complexity index is 2270. The average molecular weight is 756 g/mol. The summed E-state index contributed by atoms with van der Waals surface area (Å²) in [5, 5.41) is 9.66. The predicted molar refractivity (Wildman–Crippen MR) is 198 cm³/mol. The fourth-order valence-corrected chi connectivity index (χ4v) is 5.09. The van der Waals surface area contributed by atoms with Gasteiger partial charge in [-0.1, -0.05) is 23.2 Å². The molecule has 0 radical (unpaired) electrons. The third-order valence-corrected chi connectivity index (χ3v) is 7.41. The Kier molecular flexibility index (Phi) is 10.6. The van der Waals surface area contributed by atoms with Crippen molar-refractivity contribution >= 4 is 81.7 Å². The lowest BCUT2D eigenvalue weighted by atomic mass is 10.2. The van der Waals surface area contributed by atoms with Crippen LogP contribution in [-0.4, -0.2) is 75.5 Å². The molecule has 0 aliphatic carbocycles. The quantitative estimate of drug-likeness (QED) is 0.126. The number of aromatic nitrogens is 10. The van der Waals surface area contributed by atoms with Crippen molar-refractivity contribution in [1.29, 1.82) is 0 Å². The molecule has 268 valence electrons. The van der Waals surface area contributed by atoms with Gasteiger partial charge in [0.2, 0.25) is 17.8 Å². The second kappa shape index (κ2) is 15.6. The van der Waals surface area contributed by atoms with Crippen LogP contribution in [0.3, 0.4) is 0 Å². The molecule has 19 nitrogen and oxygen atoms in total. The molecule has 53 heavy (non-hydrogen) atoms. The fourth-order valence-electron chi connectivity index (χ4n) is 4.77. The number of ether oxygens (including phenoxy) is 1. The van der Waals surface area contributed by atoms with Gasteiger partial charge < -0.3 is 32.2 Å². The summed E-state index contributed by atoms with van der Waals surface area (Å²) in [4.78, 5) is 69.3. The summed E-state index contributed by atoms with van der Waals surface area (Å²) in [5.41, 5.74) is 13.6. The molecule has 0 fully saturated rings. The van der Waals surface area contributed by atoms with Crippen LogP contribution < -0.4 is 32.3 Å². The minimum Gasteiger partial charge on any atom is -0.452 e. The highest BCUT2D eigenvalue weighted by atomic mass is 35.5. The molecule has 0 aliphatic rings. The fraction of sp³-hybridized carbons (Fsp3) is 0.125. The highest BCUT2D eigenvalue weighted by molar-refractivity contribution is 6.31. The molecule has 0 bridgehead atoms. The molecule has 2 amide bonds. The maximum absolute atomic E-state index is 13.1.